The minimum absolute atomic E-state index is 0.0825. The lowest BCUT2D eigenvalue weighted by Crippen LogP contribution is -2.37. The highest BCUT2D eigenvalue weighted by molar-refractivity contribution is 5.81. The molecule has 1 saturated heterocycles. The second-order valence-corrected chi connectivity index (χ2v) is 8.01. The SMILES string of the molecule is CC(C)c1cnn2c(NCc3cccc4[nH]ncc34)nc(OC3CCCNC3)nc12. The molecule has 1 unspecified atom stereocenters. The molecule has 0 radical (unpaired) electrons. The summed E-state index contributed by atoms with van der Waals surface area (Å²) >= 11 is 0. The average molecular weight is 406 g/mol. The van der Waals surface area contributed by atoms with Crippen molar-refractivity contribution in [3.05, 3.63) is 41.7 Å². The van der Waals surface area contributed by atoms with Crippen LogP contribution in [0.2, 0.25) is 0 Å². The Bertz CT molecular complexity index is 1160. The van der Waals surface area contributed by atoms with E-state index in [1.165, 1.54) is 0 Å². The fraction of sp³-hybridized carbons (Fsp3) is 0.429. The van der Waals surface area contributed by atoms with Crippen molar-refractivity contribution in [2.45, 2.75) is 45.3 Å². The topological polar surface area (TPSA) is 105 Å². The zero-order chi connectivity index (χ0) is 20.5. The van der Waals surface area contributed by atoms with Gasteiger partial charge in [0, 0.05) is 24.0 Å². The Morgan fingerprint density at radius 3 is 3.03 bits per heavy atom. The van der Waals surface area contributed by atoms with Gasteiger partial charge in [-0.3, -0.25) is 5.10 Å². The average Bonchev–Trinajstić information content (AvgIpc) is 3.40. The van der Waals surface area contributed by atoms with Gasteiger partial charge >= 0.3 is 6.01 Å². The monoisotopic (exact) mass is 406 g/mol. The van der Waals surface area contributed by atoms with Gasteiger partial charge in [0.2, 0.25) is 5.95 Å². The highest BCUT2D eigenvalue weighted by Gasteiger charge is 2.20. The highest BCUT2D eigenvalue weighted by Crippen LogP contribution is 2.24. The molecule has 3 aromatic heterocycles. The van der Waals surface area contributed by atoms with E-state index in [1.807, 2.05) is 24.5 Å². The van der Waals surface area contributed by atoms with E-state index in [0.29, 0.717) is 24.4 Å². The predicted molar refractivity (Wildman–Crippen MR) is 115 cm³/mol. The summed E-state index contributed by atoms with van der Waals surface area (Å²) in [5, 5.41) is 19.6. The Morgan fingerprint density at radius 1 is 1.27 bits per heavy atom. The lowest BCUT2D eigenvalue weighted by molar-refractivity contribution is 0.153. The van der Waals surface area contributed by atoms with Gasteiger partial charge in [0.25, 0.3) is 0 Å². The summed E-state index contributed by atoms with van der Waals surface area (Å²) < 4.78 is 7.90. The van der Waals surface area contributed by atoms with Gasteiger partial charge in [0.1, 0.15) is 6.10 Å². The summed E-state index contributed by atoms with van der Waals surface area (Å²) in [5.74, 6) is 0.917. The van der Waals surface area contributed by atoms with E-state index in [9.17, 15) is 0 Å². The van der Waals surface area contributed by atoms with Gasteiger partial charge in [-0.15, -0.1) is 0 Å². The Labute approximate surface area is 174 Å². The molecule has 4 aromatic rings. The van der Waals surface area contributed by atoms with Gasteiger partial charge in [-0.25, -0.2) is 0 Å². The summed E-state index contributed by atoms with van der Waals surface area (Å²) in [5.41, 5.74) is 3.99. The van der Waals surface area contributed by atoms with Crippen LogP contribution in [-0.2, 0) is 6.54 Å². The molecule has 9 heteroatoms. The molecule has 0 aliphatic carbocycles. The lowest BCUT2D eigenvalue weighted by Gasteiger charge is -2.23. The van der Waals surface area contributed by atoms with E-state index in [-0.39, 0.29) is 6.10 Å². The standard InChI is InChI=1S/C21H26N8O/c1-13(2)16-12-25-29-19(16)26-21(30-15-6-4-8-22-10-15)27-20(29)23-9-14-5-3-7-18-17(14)11-24-28-18/h3,5,7,11-13,15,22H,4,6,8-10H2,1-2H3,(H,24,28)(H,23,26,27). The van der Waals surface area contributed by atoms with Crippen LogP contribution >= 0.6 is 0 Å². The molecule has 4 heterocycles. The van der Waals surface area contributed by atoms with Gasteiger partial charge in [-0.05, 0) is 36.9 Å². The molecule has 1 fully saturated rings. The van der Waals surface area contributed by atoms with Crippen molar-refractivity contribution in [1.82, 2.24) is 35.1 Å². The highest BCUT2D eigenvalue weighted by atomic mass is 16.5. The first-order chi connectivity index (χ1) is 14.7. The number of nitrogens with one attached hydrogen (secondary N) is 3. The molecule has 5 rings (SSSR count). The number of hydrogen-bond donors (Lipinski definition) is 3. The number of nitrogens with zero attached hydrogens (tertiary/aromatic N) is 5. The first-order valence-corrected chi connectivity index (χ1v) is 10.5. The minimum Gasteiger partial charge on any atom is -0.459 e. The lowest BCUT2D eigenvalue weighted by atomic mass is 10.1. The van der Waals surface area contributed by atoms with Crippen molar-refractivity contribution in [3.63, 3.8) is 0 Å². The summed E-state index contributed by atoms with van der Waals surface area (Å²) in [4.78, 5) is 9.35. The molecule has 3 N–H and O–H groups in total. The third-order valence-corrected chi connectivity index (χ3v) is 5.53. The van der Waals surface area contributed by atoms with Crippen molar-refractivity contribution in [3.8, 4) is 6.01 Å². The van der Waals surface area contributed by atoms with Crippen LogP contribution in [0.4, 0.5) is 5.95 Å². The van der Waals surface area contributed by atoms with Gasteiger partial charge in [-0.1, -0.05) is 26.0 Å². The Hall–Kier alpha value is -3.20. The van der Waals surface area contributed by atoms with Gasteiger partial charge in [0.05, 0.1) is 17.9 Å². The van der Waals surface area contributed by atoms with Crippen molar-refractivity contribution >= 4 is 22.5 Å². The van der Waals surface area contributed by atoms with E-state index < -0.39 is 0 Å². The summed E-state index contributed by atoms with van der Waals surface area (Å²) in [6.07, 6.45) is 5.89. The van der Waals surface area contributed by atoms with Gasteiger partial charge in [-0.2, -0.15) is 24.7 Å². The summed E-state index contributed by atoms with van der Waals surface area (Å²) in [6.45, 7) is 6.71. The zero-order valence-electron chi connectivity index (χ0n) is 17.2. The molecule has 0 amide bonds. The smallest absolute Gasteiger partial charge is 0.322 e. The maximum atomic E-state index is 6.14. The fourth-order valence-corrected chi connectivity index (χ4v) is 3.88. The molecule has 1 aromatic carbocycles. The van der Waals surface area contributed by atoms with Crippen LogP contribution in [-0.4, -0.2) is 49.0 Å². The van der Waals surface area contributed by atoms with Crippen LogP contribution in [0.5, 0.6) is 6.01 Å². The van der Waals surface area contributed by atoms with Crippen LogP contribution in [0, 0.1) is 0 Å². The van der Waals surface area contributed by atoms with E-state index in [1.54, 1.807) is 4.52 Å². The quantitative estimate of drug-likeness (QED) is 0.452. The largest absolute Gasteiger partial charge is 0.459 e. The van der Waals surface area contributed by atoms with Crippen LogP contribution in [0.3, 0.4) is 0 Å². The molecule has 0 saturated carbocycles. The molecule has 30 heavy (non-hydrogen) atoms. The normalized spacial score (nSPS) is 17.1. The van der Waals surface area contributed by atoms with E-state index >= 15 is 0 Å². The number of anilines is 1. The number of aromatic nitrogens is 6. The van der Waals surface area contributed by atoms with Crippen LogP contribution in [0.15, 0.2) is 30.6 Å². The van der Waals surface area contributed by atoms with E-state index in [4.69, 9.17) is 9.72 Å². The molecule has 1 aliphatic heterocycles. The molecule has 156 valence electrons. The van der Waals surface area contributed by atoms with Crippen molar-refractivity contribution < 1.29 is 4.74 Å². The maximum absolute atomic E-state index is 6.14. The summed E-state index contributed by atoms with van der Waals surface area (Å²) in [6, 6.07) is 6.50. The van der Waals surface area contributed by atoms with Crippen molar-refractivity contribution in [1.29, 1.82) is 0 Å². The number of aromatic amines is 1. The Kier molecular flexibility index (Phi) is 4.96. The maximum Gasteiger partial charge on any atom is 0.322 e. The fourth-order valence-electron chi connectivity index (χ4n) is 3.88. The number of H-pyrrole nitrogens is 1. The molecule has 1 aliphatic rings. The second kappa shape index (κ2) is 7.91. The van der Waals surface area contributed by atoms with Crippen LogP contribution < -0.4 is 15.4 Å². The number of benzene rings is 1. The minimum atomic E-state index is 0.0825. The van der Waals surface area contributed by atoms with E-state index in [2.05, 4.69) is 50.8 Å². The zero-order valence-corrected chi connectivity index (χ0v) is 17.2. The molecule has 1 atom stereocenters. The van der Waals surface area contributed by atoms with Gasteiger partial charge < -0.3 is 15.4 Å². The first kappa shape index (κ1) is 18.8. The third-order valence-electron chi connectivity index (χ3n) is 5.53. The molecule has 0 spiro atoms. The molecule has 0 bridgehead atoms. The summed E-state index contributed by atoms with van der Waals surface area (Å²) in [7, 11) is 0. The number of piperidine rings is 1. The third kappa shape index (κ3) is 3.56. The number of ether oxygens (including phenoxy) is 1. The van der Waals surface area contributed by atoms with E-state index in [0.717, 1.165) is 53.6 Å². The van der Waals surface area contributed by atoms with Crippen molar-refractivity contribution in [2.75, 3.05) is 18.4 Å². The van der Waals surface area contributed by atoms with Crippen LogP contribution in [0.1, 0.15) is 43.7 Å². The molecule has 9 nitrogen and oxygen atoms in total. The molecular formula is C21H26N8O. The van der Waals surface area contributed by atoms with Crippen LogP contribution in [0.25, 0.3) is 16.6 Å². The second-order valence-electron chi connectivity index (χ2n) is 8.01. The first-order valence-electron chi connectivity index (χ1n) is 10.5. The Morgan fingerprint density at radius 2 is 2.20 bits per heavy atom. The molecular weight excluding hydrogens is 380 g/mol. The van der Waals surface area contributed by atoms with Crippen molar-refractivity contribution in [2.24, 2.45) is 0 Å². The predicted octanol–water partition coefficient (Wildman–Crippen LogP) is 2.87. The number of hydrogen-bond acceptors (Lipinski definition) is 7. The Balaban J connectivity index is 1.48. The number of fused-ring (bicyclic) bond motifs is 2. The van der Waals surface area contributed by atoms with Gasteiger partial charge in [0.15, 0.2) is 5.65 Å². The number of rotatable bonds is 6.